The van der Waals surface area contributed by atoms with Gasteiger partial charge in [0.2, 0.25) is 0 Å². The number of nitrogens with zero attached hydrogens (tertiary/aromatic N) is 4. The SMILES string of the molecule is CN=C(NCc1ncc(C)s1)NC1CCN(c2ccccn2)CC1. The van der Waals surface area contributed by atoms with Gasteiger partial charge in [-0.2, -0.15) is 0 Å². The fourth-order valence-corrected chi connectivity index (χ4v) is 3.55. The second-order valence-corrected chi connectivity index (χ2v) is 7.20. The van der Waals surface area contributed by atoms with Gasteiger partial charge in [0.25, 0.3) is 0 Å². The van der Waals surface area contributed by atoms with Gasteiger partial charge in [-0.25, -0.2) is 9.97 Å². The maximum absolute atomic E-state index is 4.43. The van der Waals surface area contributed by atoms with E-state index in [2.05, 4.69) is 43.5 Å². The van der Waals surface area contributed by atoms with Gasteiger partial charge in [-0.05, 0) is 31.9 Å². The van der Waals surface area contributed by atoms with Crippen LogP contribution in [0.5, 0.6) is 0 Å². The molecule has 0 bridgehead atoms. The summed E-state index contributed by atoms with van der Waals surface area (Å²) in [6.07, 6.45) is 5.91. The maximum Gasteiger partial charge on any atom is 0.191 e. The number of aromatic nitrogens is 2. The van der Waals surface area contributed by atoms with Crippen molar-refractivity contribution in [2.24, 2.45) is 4.99 Å². The molecule has 2 aromatic heterocycles. The molecule has 6 nitrogen and oxygen atoms in total. The van der Waals surface area contributed by atoms with E-state index < -0.39 is 0 Å². The number of rotatable bonds is 4. The van der Waals surface area contributed by atoms with Gasteiger partial charge >= 0.3 is 0 Å². The standard InChI is InChI=1S/C17H24N6S/c1-13-11-20-16(24-13)12-21-17(18-2)22-14-6-9-23(10-7-14)15-5-3-4-8-19-15/h3-5,8,11,14H,6-7,9-10,12H2,1-2H3,(H2,18,21,22). The van der Waals surface area contributed by atoms with Crippen molar-refractivity contribution >= 4 is 23.1 Å². The fourth-order valence-electron chi connectivity index (χ4n) is 2.82. The van der Waals surface area contributed by atoms with E-state index in [9.17, 15) is 0 Å². The van der Waals surface area contributed by atoms with E-state index in [-0.39, 0.29) is 0 Å². The molecule has 7 heteroatoms. The van der Waals surface area contributed by atoms with Gasteiger partial charge in [0.15, 0.2) is 5.96 Å². The van der Waals surface area contributed by atoms with Gasteiger partial charge in [0, 0.05) is 43.4 Å². The topological polar surface area (TPSA) is 65.4 Å². The molecule has 0 spiro atoms. The Balaban J connectivity index is 1.46. The van der Waals surface area contributed by atoms with Crippen molar-refractivity contribution in [2.75, 3.05) is 25.0 Å². The molecule has 2 N–H and O–H groups in total. The Kier molecular flexibility index (Phi) is 5.63. The Morgan fingerprint density at radius 2 is 2.17 bits per heavy atom. The molecule has 128 valence electrons. The van der Waals surface area contributed by atoms with Crippen LogP contribution in [-0.2, 0) is 6.54 Å². The molecule has 3 heterocycles. The van der Waals surface area contributed by atoms with Crippen LogP contribution in [0.4, 0.5) is 5.82 Å². The minimum atomic E-state index is 0.439. The zero-order chi connectivity index (χ0) is 16.8. The van der Waals surface area contributed by atoms with Crippen LogP contribution in [0.3, 0.4) is 0 Å². The highest BCUT2D eigenvalue weighted by Crippen LogP contribution is 2.17. The number of piperidine rings is 1. The molecule has 0 unspecified atom stereocenters. The quantitative estimate of drug-likeness (QED) is 0.657. The minimum Gasteiger partial charge on any atom is -0.356 e. The first kappa shape index (κ1) is 16.7. The molecular formula is C17H24N6S. The van der Waals surface area contributed by atoms with Crippen LogP contribution in [0.2, 0.25) is 0 Å². The number of hydrogen-bond donors (Lipinski definition) is 2. The molecule has 0 atom stereocenters. The van der Waals surface area contributed by atoms with Gasteiger partial charge in [-0.15, -0.1) is 11.3 Å². The average molecular weight is 344 g/mol. The molecule has 0 aromatic carbocycles. The second kappa shape index (κ2) is 8.10. The number of hydrogen-bond acceptors (Lipinski definition) is 5. The highest BCUT2D eigenvalue weighted by atomic mass is 32.1. The molecule has 1 saturated heterocycles. The number of pyridine rings is 1. The van der Waals surface area contributed by atoms with Gasteiger partial charge in [-0.3, -0.25) is 4.99 Å². The maximum atomic E-state index is 4.43. The molecule has 1 aliphatic rings. The van der Waals surface area contributed by atoms with Crippen molar-refractivity contribution in [2.45, 2.75) is 32.4 Å². The summed E-state index contributed by atoms with van der Waals surface area (Å²) in [7, 11) is 1.81. The van der Waals surface area contributed by atoms with Crippen LogP contribution in [0.25, 0.3) is 0 Å². The normalized spacial score (nSPS) is 16.2. The van der Waals surface area contributed by atoms with Crippen molar-refractivity contribution in [3.05, 3.63) is 40.5 Å². The molecule has 1 aliphatic heterocycles. The summed E-state index contributed by atoms with van der Waals surface area (Å²) in [5.41, 5.74) is 0. The van der Waals surface area contributed by atoms with Crippen LogP contribution < -0.4 is 15.5 Å². The summed E-state index contributed by atoms with van der Waals surface area (Å²) in [6.45, 7) is 4.81. The number of guanidine groups is 1. The minimum absolute atomic E-state index is 0.439. The molecule has 1 fully saturated rings. The zero-order valence-electron chi connectivity index (χ0n) is 14.2. The van der Waals surface area contributed by atoms with E-state index in [1.807, 2.05) is 31.6 Å². The van der Waals surface area contributed by atoms with E-state index in [4.69, 9.17) is 0 Å². The fraction of sp³-hybridized carbons (Fsp3) is 0.471. The van der Waals surface area contributed by atoms with Crippen molar-refractivity contribution in [1.82, 2.24) is 20.6 Å². The van der Waals surface area contributed by atoms with Gasteiger partial charge in [0.05, 0.1) is 6.54 Å². The third kappa shape index (κ3) is 4.44. The second-order valence-electron chi connectivity index (χ2n) is 5.88. The Morgan fingerprint density at radius 1 is 1.33 bits per heavy atom. The number of thiazole rings is 1. The summed E-state index contributed by atoms with van der Waals surface area (Å²) < 4.78 is 0. The van der Waals surface area contributed by atoms with E-state index in [0.29, 0.717) is 12.6 Å². The number of aliphatic imine (C=N–C) groups is 1. The summed E-state index contributed by atoms with van der Waals surface area (Å²) in [6, 6.07) is 6.51. The molecule has 2 aromatic rings. The van der Waals surface area contributed by atoms with Gasteiger partial charge < -0.3 is 15.5 Å². The number of aryl methyl sites for hydroxylation is 1. The lowest BCUT2D eigenvalue weighted by atomic mass is 10.1. The molecule has 3 rings (SSSR count). The molecule has 0 aliphatic carbocycles. The van der Waals surface area contributed by atoms with E-state index in [1.165, 1.54) is 4.88 Å². The van der Waals surface area contributed by atoms with Crippen molar-refractivity contribution in [3.8, 4) is 0 Å². The van der Waals surface area contributed by atoms with Crippen LogP contribution >= 0.6 is 11.3 Å². The predicted octanol–water partition coefficient (Wildman–Crippen LogP) is 2.18. The van der Waals surface area contributed by atoms with E-state index in [1.54, 1.807) is 11.3 Å². The summed E-state index contributed by atoms with van der Waals surface area (Å²) in [5.74, 6) is 1.91. The first-order valence-electron chi connectivity index (χ1n) is 8.29. The Labute approximate surface area is 147 Å². The zero-order valence-corrected chi connectivity index (χ0v) is 15.0. The molecular weight excluding hydrogens is 320 g/mol. The third-order valence-corrected chi connectivity index (χ3v) is 5.02. The van der Waals surface area contributed by atoms with E-state index in [0.717, 1.165) is 42.7 Å². The first-order chi connectivity index (χ1) is 11.7. The van der Waals surface area contributed by atoms with Crippen LogP contribution in [-0.4, -0.2) is 42.1 Å². The highest BCUT2D eigenvalue weighted by molar-refractivity contribution is 7.11. The summed E-state index contributed by atoms with van der Waals surface area (Å²) in [5, 5.41) is 7.96. The Morgan fingerprint density at radius 3 is 2.79 bits per heavy atom. The van der Waals surface area contributed by atoms with Crippen LogP contribution in [0, 0.1) is 6.92 Å². The lowest BCUT2D eigenvalue weighted by Gasteiger charge is -2.33. The molecule has 0 saturated carbocycles. The van der Waals surface area contributed by atoms with Crippen LogP contribution in [0.1, 0.15) is 22.7 Å². The average Bonchev–Trinajstić information content (AvgIpc) is 3.05. The van der Waals surface area contributed by atoms with Crippen molar-refractivity contribution < 1.29 is 0 Å². The number of anilines is 1. The Bertz CT molecular complexity index is 661. The smallest absolute Gasteiger partial charge is 0.191 e. The largest absolute Gasteiger partial charge is 0.356 e. The summed E-state index contributed by atoms with van der Waals surface area (Å²) >= 11 is 1.71. The van der Waals surface area contributed by atoms with Crippen LogP contribution in [0.15, 0.2) is 35.6 Å². The number of nitrogens with one attached hydrogen (secondary N) is 2. The van der Waals surface area contributed by atoms with Gasteiger partial charge in [0.1, 0.15) is 10.8 Å². The monoisotopic (exact) mass is 344 g/mol. The third-order valence-electron chi connectivity index (χ3n) is 4.11. The predicted molar refractivity (Wildman–Crippen MR) is 99.7 cm³/mol. The van der Waals surface area contributed by atoms with Crippen molar-refractivity contribution in [3.63, 3.8) is 0 Å². The molecule has 0 amide bonds. The lowest BCUT2D eigenvalue weighted by Crippen LogP contribution is -2.48. The van der Waals surface area contributed by atoms with Crippen molar-refractivity contribution in [1.29, 1.82) is 0 Å². The molecule has 24 heavy (non-hydrogen) atoms. The van der Waals surface area contributed by atoms with E-state index >= 15 is 0 Å². The van der Waals surface area contributed by atoms with Gasteiger partial charge in [-0.1, -0.05) is 6.07 Å². The summed E-state index contributed by atoms with van der Waals surface area (Å²) in [4.78, 5) is 16.7. The lowest BCUT2D eigenvalue weighted by molar-refractivity contribution is 0.459. The Hall–Kier alpha value is -2.15. The molecule has 0 radical (unpaired) electrons. The first-order valence-corrected chi connectivity index (χ1v) is 9.10. The highest BCUT2D eigenvalue weighted by Gasteiger charge is 2.20.